The van der Waals surface area contributed by atoms with Crippen LogP contribution in [0.2, 0.25) is 0 Å². The third-order valence-electron chi connectivity index (χ3n) is 2.73. The predicted molar refractivity (Wildman–Crippen MR) is 61.2 cm³/mol. The number of methoxy groups -OCH3 is 1. The van der Waals surface area contributed by atoms with E-state index in [-0.39, 0.29) is 10.5 Å². The van der Waals surface area contributed by atoms with Gasteiger partial charge < -0.3 is 4.74 Å². The third kappa shape index (κ3) is 2.05. The number of esters is 1. The zero-order valence-electron chi connectivity index (χ0n) is 9.42. The molecule has 1 aromatic carbocycles. The highest BCUT2D eigenvalue weighted by molar-refractivity contribution is 7.89. The van der Waals surface area contributed by atoms with Crippen LogP contribution in [0.15, 0.2) is 29.2 Å². The van der Waals surface area contributed by atoms with Gasteiger partial charge in [-0.25, -0.2) is 13.2 Å². The number of sulfonamides is 1. The Morgan fingerprint density at radius 1 is 1.29 bits per heavy atom. The summed E-state index contributed by atoms with van der Waals surface area (Å²) in [7, 11) is -2.32. The number of nitrogens with zero attached hydrogens (tertiary/aromatic N) is 1. The van der Waals surface area contributed by atoms with Gasteiger partial charge in [-0.1, -0.05) is 12.1 Å². The Kier molecular flexibility index (Phi) is 3.17. The summed E-state index contributed by atoms with van der Waals surface area (Å²) in [5.74, 6) is -0.635. The number of hydrogen-bond donors (Lipinski definition) is 0. The smallest absolute Gasteiger partial charge is 0.339 e. The molecule has 0 amide bonds. The zero-order valence-corrected chi connectivity index (χ0v) is 10.2. The van der Waals surface area contributed by atoms with Crippen LogP contribution in [0, 0.1) is 0 Å². The van der Waals surface area contributed by atoms with Gasteiger partial charge in [-0.2, -0.15) is 4.31 Å². The quantitative estimate of drug-likeness (QED) is 0.752. The van der Waals surface area contributed by atoms with Crippen LogP contribution in [0.1, 0.15) is 16.8 Å². The first-order valence-corrected chi connectivity index (χ1v) is 6.69. The van der Waals surface area contributed by atoms with E-state index in [2.05, 4.69) is 4.74 Å². The summed E-state index contributed by atoms with van der Waals surface area (Å²) in [6.07, 6.45) is 0.861. The van der Waals surface area contributed by atoms with Crippen LogP contribution < -0.4 is 0 Å². The first kappa shape index (κ1) is 12.1. The summed E-state index contributed by atoms with van der Waals surface area (Å²) in [5, 5.41) is 0. The first-order valence-electron chi connectivity index (χ1n) is 5.25. The Morgan fingerprint density at radius 3 is 2.47 bits per heavy atom. The van der Waals surface area contributed by atoms with Gasteiger partial charge in [-0.15, -0.1) is 0 Å². The Morgan fingerprint density at radius 2 is 1.94 bits per heavy atom. The highest BCUT2D eigenvalue weighted by atomic mass is 32.2. The van der Waals surface area contributed by atoms with Crippen LogP contribution in [0.4, 0.5) is 0 Å². The molecule has 0 bridgehead atoms. The van der Waals surface area contributed by atoms with Crippen LogP contribution in [0.5, 0.6) is 0 Å². The van der Waals surface area contributed by atoms with Gasteiger partial charge in [0.2, 0.25) is 10.0 Å². The lowest BCUT2D eigenvalue weighted by Gasteiger charge is -2.30. The molecule has 0 aliphatic carbocycles. The van der Waals surface area contributed by atoms with E-state index in [0.29, 0.717) is 13.1 Å². The van der Waals surface area contributed by atoms with Crippen molar-refractivity contribution in [2.75, 3.05) is 20.2 Å². The van der Waals surface area contributed by atoms with Gasteiger partial charge in [-0.05, 0) is 18.6 Å². The van der Waals surface area contributed by atoms with E-state index in [1.807, 2.05) is 0 Å². The molecule has 17 heavy (non-hydrogen) atoms. The van der Waals surface area contributed by atoms with E-state index in [9.17, 15) is 13.2 Å². The second-order valence-corrected chi connectivity index (χ2v) is 5.65. The molecule has 1 aromatic rings. The van der Waals surface area contributed by atoms with Gasteiger partial charge >= 0.3 is 5.97 Å². The minimum absolute atomic E-state index is 0.0200. The summed E-state index contributed by atoms with van der Waals surface area (Å²) in [5.41, 5.74) is 0.0851. The topological polar surface area (TPSA) is 63.7 Å². The number of ether oxygens (including phenoxy) is 1. The maximum Gasteiger partial charge on any atom is 0.339 e. The second kappa shape index (κ2) is 4.46. The summed E-state index contributed by atoms with van der Waals surface area (Å²) in [4.78, 5) is 11.5. The van der Waals surface area contributed by atoms with Crippen LogP contribution in [0.25, 0.3) is 0 Å². The summed E-state index contributed by atoms with van der Waals surface area (Å²) < 4.78 is 30.3. The number of hydrogen-bond acceptors (Lipinski definition) is 4. The van der Waals surface area contributed by atoms with E-state index in [4.69, 9.17) is 0 Å². The first-order chi connectivity index (χ1) is 8.07. The normalized spacial score (nSPS) is 16.3. The maximum absolute atomic E-state index is 12.2. The van der Waals surface area contributed by atoms with E-state index in [0.717, 1.165) is 6.42 Å². The predicted octanol–water partition coefficient (Wildman–Crippen LogP) is 0.868. The third-order valence-corrected chi connectivity index (χ3v) is 4.68. The minimum Gasteiger partial charge on any atom is -0.465 e. The van der Waals surface area contributed by atoms with Crippen molar-refractivity contribution in [1.82, 2.24) is 4.31 Å². The molecular formula is C11H13NO4S. The lowest BCUT2D eigenvalue weighted by Crippen LogP contribution is -2.42. The fraction of sp³-hybridized carbons (Fsp3) is 0.364. The number of carbonyl (C=O) groups excluding carboxylic acids is 1. The van der Waals surface area contributed by atoms with E-state index < -0.39 is 16.0 Å². The average Bonchev–Trinajstić information content (AvgIpc) is 2.25. The molecule has 0 radical (unpaired) electrons. The SMILES string of the molecule is COC(=O)c1ccccc1S(=O)(=O)N1CCC1. The van der Waals surface area contributed by atoms with Crippen molar-refractivity contribution in [2.24, 2.45) is 0 Å². The van der Waals surface area contributed by atoms with Gasteiger partial charge in [0.25, 0.3) is 0 Å². The van der Waals surface area contributed by atoms with Crippen molar-refractivity contribution >= 4 is 16.0 Å². The Hall–Kier alpha value is -1.40. The highest BCUT2D eigenvalue weighted by Gasteiger charge is 2.32. The molecule has 1 aliphatic heterocycles. The molecule has 5 nitrogen and oxygen atoms in total. The second-order valence-electron chi connectivity index (χ2n) is 3.75. The van der Waals surface area contributed by atoms with Crippen molar-refractivity contribution < 1.29 is 17.9 Å². The summed E-state index contributed by atoms with van der Waals surface area (Å²) in [6.45, 7) is 1.02. The van der Waals surface area contributed by atoms with E-state index >= 15 is 0 Å². The van der Waals surface area contributed by atoms with Crippen molar-refractivity contribution in [2.45, 2.75) is 11.3 Å². The number of rotatable bonds is 3. The molecule has 0 N–H and O–H groups in total. The molecule has 0 atom stereocenters. The molecule has 6 heteroatoms. The van der Waals surface area contributed by atoms with Gasteiger partial charge in [-0.3, -0.25) is 0 Å². The van der Waals surface area contributed by atoms with Gasteiger partial charge in [0.15, 0.2) is 0 Å². The molecule has 1 aliphatic rings. The Bertz CT molecular complexity index is 534. The molecule has 0 saturated carbocycles. The summed E-state index contributed by atoms with van der Waals surface area (Å²) >= 11 is 0. The minimum atomic E-state index is -3.56. The molecule has 1 saturated heterocycles. The Labute approximate surface area is 100 Å². The fourth-order valence-corrected chi connectivity index (χ4v) is 3.33. The van der Waals surface area contributed by atoms with Crippen LogP contribution in [-0.4, -0.2) is 38.9 Å². The standard InChI is InChI=1S/C11H13NO4S/c1-16-11(13)9-5-2-3-6-10(9)17(14,15)12-7-4-8-12/h2-3,5-6H,4,7-8H2,1H3. The Balaban J connectivity index is 2.48. The van der Waals surface area contributed by atoms with Crippen LogP contribution in [-0.2, 0) is 14.8 Å². The molecule has 0 aromatic heterocycles. The summed E-state index contributed by atoms with van der Waals surface area (Å²) in [6, 6.07) is 6.10. The molecule has 92 valence electrons. The number of benzene rings is 1. The lowest BCUT2D eigenvalue weighted by atomic mass is 10.2. The molecular weight excluding hydrogens is 242 g/mol. The molecule has 2 rings (SSSR count). The fourth-order valence-electron chi connectivity index (χ4n) is 1.64. The molecule has 0 spiro atoms. The van der Waals surface area contributed by atoms with Crippen LogP contribution in [0.3, 0.4) is 0 Å². The molecule has 0 unspecified atom stereocenters. The largest absolute Gasteiger partial charge is 0.465 e. The lowest BCUT2D eigenvalue weighted by molar-refractivity contribution is 0.0596. The van der Waals surface area contributed by atoms with E-state index in [1.54, 1.807) is 12.1 Å². The van der Waals surface area contributed by atoms with Crippen molar-refractivity contribution in [3.8, 4) is 0 Å². The number of carbonyl (C=O) groups is 1. The van der Waals surface area contributed by atoms with Crippen molar-refractivity contribution in [3.05, 3.63) is 29.8 Å². The highest BCUT2D eigenvalue weighted by Crippen LogP contribution is 2.24. The van der Waals surface area contributed by atoms with E-state index in [1.165, 1.54) is 23.5 Å². The monoisotopic (exact) mass is 255 g/mol. The van der Waals surface area contributed by atoms with Crippen molar-refractivity contribution in [1.29, 1.82) is 0 Å². The van der Waals surface area contributed by atoms with Crippen LogP contribution >= 0.6 is 0 Å². The maximum atomic E-state index is 12.2. The average molecular weight is 255 g/mol. The zero-order chi connectivity index (χ0) is 12.5. The molecule has 1 heterocycles. The van der Waals surface area contributed by atoms with Gasteiger partial charge in [0, 0.05) is 13.1 Å². The molecule has 1 fully saturated rings. The van der Waals surface area contributed by atoms with Gasteiger partial charge in [0.05, 0.1) is 17.6 Å². The van der Waals surface area contributed by atoms with Gasteiger partial charge in [0.1, 0.15) is 0 Å². The van der Waals surface area contributed by atoms with Crippen molar-refractivity contribution in [3.63, 3.8) is 0 Å².